The van der Waals surface area contributed by atoms with Gasteiger partial charge in [0.15, 0.2) is 0 Å². The molecule has 0 aliphatic heterocycles. The van der Waals surface area contributed by atoms with E-state index >= 15 is 0 Å². The number of nitrogens with zero attached hydrogens (tertiary/aromatic N) is 2. The molecule has 3 aromatic rings. The number of hydrogen-bond donors (Lipinski definition) is 0. The predicted molar refractivity (Wildman–Crippen MR) is 91.2 cm³/mol. The molecule has 0 aliphatic carbocycles. The minimum atomic E-state index is 0.935. The molecule has 0 atom stereocenters. The van der Waals surface area contributed by atoms with Gasteiger partial charge in [0.25, 0.3) is 0 Å². The maximum atomic E-state index is 4.53. The molecule has 0 saturated heterocycles. The number of rotatable bonds is 4. The Balaban J connectivity index is 1.79. The Kier molecular flexibility index (Phi) is 4.34. The standard InChI is InChI=1S/C18H14N2S/c1-2-7-15(8-3-1)9-6-12-19-17-11-5-4-10-16(17)18-20-13-14-21-18/h1-14H/b9-6+,19-12?. The number of hydrogen-bond acceptors (Lipinski definition) is 3. The van der Waals surface area contributed by atoms with Crippen LogP contribution in [0.5, 0.6) is 0 Å². The van der Waals surface area contributed by atoms with Crippen LogP contribution in [-0.4, -0.2) is 11.2 Å². The fourth-order valence-electron chi connectivity index (χ4n) is 1.97. The van der Waals surface area contributed by atoms with Crippen molar-refractivity contribution in [1.29, 1.82) is 0 Å². The van der Waals surface area contributed by atoms with Gasteiger partial charge < -0.3 is 0 Å². The molecule has 0 amide bonds. The number of para-hydroxylation sites is 1. The third-order valence-electron chi connectivity index (χ3n) is 2.95. The highest BCUT2D eigenvalue weighted by atomic mass is 32.1. The van der Waals surface area contributed by atoms with Gasteiger partial charge in [0.05, 0.1) is 5.69 Å². The van der Waals surface area contributed by atoms with Crippen molar-refractivity contribution in [3.63, 3.8) is 0 Å². The Morgan fingerprint density at radius 2 is 1.76 bits per heavy atom. The van der Waals surface area contributed by atoms with E-state index < -0.39 is 0 Å². The fourth-order valence-corrected chi connectivity index (χ4v) is 2.64. The largest absolute Gasteiger partial charge is 0.256 e. The first-order chi connectivity index (χ1) is 10.4. The lowest BCUT2D eigenvalue weighted by Gasteiger charge is -2.00. The molecule has 0 fully saturated rings. The van der Waals surface area contributed by atoms with E-state index in [1.807, 2.05) is 72.4 Å². The first kappa shape index (κ1) is 13.5. The Bertz CT molecular complexity index is 744. The van der Waals surface area contributed by atoms with Gasteiger partial charge in [-0.3, -0.25) is 4.99 Å². The zero-order chi connectivity index (χ0) is 14.3. The van der Waals surface area contributed by atoms with Crippen molar-refractivity contribution in [2.45, 2.75) is 0 Å². The van der Waals surface area contributed by atoms with Crippen LogP contribution in [0.1, 0.15) is 5.56 Å². The molecular formula is C18H14N2S. The summed E-state index contributed by atoms with van der Waals surface area (Å²) < 4.78 is 0. The molecule has 0 aliphatic rings. The van der Waals surface area contributed by atoms with E-state index in [9.17, 15) is 0 Å². The van der Waals surface area contributed by atoms with Crippen LogP contribution in [0.4, 0.5) is 5.69 Å². The van der Waals surface area contributed by atoms with Crippen LogP contribution in [0.2, 0.25) is 0 Å². The highest BCUT2D eigenvalue weighted by molar-refractivity contribution is 7.13. The molecule has 21 heavy (non-hydrogen) atoms. The zero-order valence-corrected chi connectivity index (χ0v) is 12.2. The van der Waals surface area contributed by atoms with E-state index in [2.05, 4.69) is 22.1 Å². The topological polar surface area (TPSA) is 25.2 Å². The minimum absolute atomic E-state index is 0.935. The first-order valence-electron chi connectivity index (χ1n) is 6.68. The lowest BCUT2D eigenvalue weighted by atomic mass is 10.2. The van der Waals surface area contributed by atoms with Crippen LogP contribution in [-0.2, 0) is 0 Å². The van der Waals surface area contributed by atoms with Crippen LogP contribution >= 0.6 is 11.3 Å². The molecule has 2 nitrogen and oxygen atoms in total. The summed E-state index contributed by atoms with van der Waals surface area (Å²) in [5.74, 6) is 0. The van der Waals surface area contributed by atoms with Gasteiger partial charge in [0, 0.05) is 23.4 Å². The zero-order valence-electron chi connectivity index (χ0n) is 11.4. The molecule has 0 radical (unpaired) electrons. The number of aromatic nitrogens is 1. The van der Waals surface area contributed by atoms with Crippen molar-refractivity contribution >= 4 is 29.3 Å². The molecule has 102 valence electrons. The van der Waals surface area contributed by atoms with Gasteiger partial charge in [-0.05, 0) is 23.8 Å². The summed E-state index contributed by atoms with van der Waals surface area (Å²) in [7, 11) is 0. The van der Waals surface area contributed by atoms with Crippen molar-refractivity contribution < 1.29 is 0 Å². The first-order valence-corrected chi connectivity index (χ1v) is 7.56. The highest BCUT2D eigenvalue weighted by Gasteiger charge is 2.04. The van der Waals surface area contributed by atoms with Gasteiger partial charge in [0.2, 0.25) is 0 Å². The van der Waals surface area contributed by atoms with Crippen LogP contribution in [0.25, 0.3) is 16.6 Å². The van der Waals surface area contributed by atoms with Gasteiger partial charge in [0.1, 0.15) is 5.01 Å². The second-order valence-electron chi connectivity index (χ2n) is 4.40. The van der Waals surface area contributed by atoms with Crippen LogP contribution in [0.15, 0.2) is 77.2 Å². The second kappa shape index (κ2) is 6.77. The second-order valence-corrected chi connectivity index (χ2v) is 5.30. The Morgan fingerprint density at radius 3 is 2.57 bits per heavy atom. The van der Waals surface area contributed by atoms with Gasteiger partial charge in [-0.1, -0.05) is 48.5 Å². The molecule has 3 heteroatoms. The van der Waals surface area contributed by atoms with E-state index in [1.54, 1.807) is 11.3 Å². The Morgan fingerprint density at radius 1 is 0.952 bits per heavy atom. The van der Waals surface area contributed by atoms with E-state index in [1.165, 1.54) is 0 Å². The van der Waals surface area contributed by atoms with E-state index in [0.29, 0.717) is 0 Å². The summed E-state index contributed by atoms with van der Waals surface area (Å²) in [5.41, 5.74) is 3.17. The molecule has 0 saturated carbocycles. The van der Waals surface area contributed by atoms with E-state index in [4.69, 9.17) is 0 Å². The van der Waals surface area contributed by atoms with Crippen molar-refractivity contribution in [2.75, 3.05) is 0 Å². The summed E-state index contributed by atoms with van der Waals surface area (Å²) in [4.78, 5) is 8.88. The minimum Gasteiger partial charge on any atom is -0.256 e. The normalized spacial score (nSPS) is 11.4. The Hall–Kier alpha value is -2.52. The van der Waals surface area contributed by atoms with E-state index in [-0.39, 0.29) is 0 Å². The van der Waals surface area contributed by atoms with Crippen molar-refractivity contribution in [3.8, 4) is 10.6 Å². The van der Waals surface area contributed by atoms with Crippen LogP contribution < -0.4 is 0 Å². The molecule has 0 bridgehead atoms. The van der Waals surface area contributed by atoms with Crippen molar-refractivity contribution in [1.82, 2.24) is 4.98 Å². The molecular weight excluding hydrogens is 276 g/mol. The lowest BCUT2D eigenvalue weighted by molar-refractivity contribution is 1.40. The summed E-state index contributed by atoms with van der Waals surface area (Å²) in [6, 6.07) is 18.2. The molecule has 3 rings (SSSR count). The lowest BCUT2D eigenvalue weighted by Crippen LogP contribution is -1.77. The monoisotopic (exact) mass is 290 g/mol. The highest BCUT2D eigenvalue weighted by Crippen LogP contribution is 2.30. The van der Waals surface area contributed by atoms with Gasteiger partial charge in [-0.2, -0.15) is 0 Å². The number of benzene rings is 2. The molecule has 1 heterocycles. The maximum Gasteiger partial charge on any atom is 0.125 e. The maximum absolute atomic E-state index is 4.53. The molecule has 0 unspecified atom stereocenters. The van der Waals surface area contributed by atoms with Crippen molar-refractivity contribution in [3.05, 3.63) is 77.8 Å². The third kappa shape index (κ3) is 3.52. The average molecular weight is 290 g/mol. The number of thiazole rings is 1. The third-order valence-corrected chi connectivity index (χ3v) is 3.76. The fraction of sp³-hybridized carbons (Fsp3) is 0. The van der Waals surface area contributed by atoms with Crippen molar-refractivity contribution in [2.24, 2.45) is 4.99 Å². The molecule has 0 spiro atoms. The molecule has 0 N–H and O–H groups in total. The summed E-state index contributed by atoms with van der Waals surface area (Å²) in [5, 5.41) is 2.97. The van der Waals surface area contributed by atoms with E-state index in [0.717, 1.165) is 21.8 Å². The van der Waals surface area contributed by atoms with Crippen LogP contribution in [0.3, 0.4) is 0 Å². The number of aliphatic imine (C=N–C) groups is 1. The van der Waals surface area contributed by atoms with Crippen LogP contribution in [0, 0.1) is 0 Å². The summed E-state index contributed by atoms with van der Waals surface area (Å²) in [6.07, 6.45) is 7.62. The average Bonchev–Trinajstić information content (AvgIpc) is 3.07. The summed E-state index contributed by atoms with van der Waals surface area (Å²) >= 11 is 1.62. The number of allylic oxidation sites excluding steroid dienone is 1. The SMILES string of the molecule is C(/C=C/c1ccccc1)=Nc1ccccc1-c1nccs1. The van der Waals surface area contributed by atoms with Gasteiger partial charge in [-0.25, -0.2) is 4.98 Å². The van der Waals surface area contributed by atoms with Gasteiger partial charge in [-0.15, -0.1) is 11.3 Å². The smallest absolute Gasteiger partial charge is 0.125 e. The predicted octanol–water partition coefficient (Wildman–Crippen LogP) is 5.23. The molecule has 1 aromatic heterocycles. The quantitative estimate of drug-likeness (QED) is 0.604. The Labute approximate surface area is 128 Å². The summed E-state index contributed by atoms with van der Waals surface area (Å²) in [6.45, 7) is 0. The van der Waals surface area contributed by atoms with Gasteiger partial charge >= 0.3 is 0 Å². The molecule has 2 aromatic carbocycles.